The smallest absolute Gasteiger partial charge is 0.0246 e. The third-order valence-corrected chi connectivity index (χ3v) is 5.63. The van der Waals surface area contributed by atoms with Crippen molar-refractivity contribution in [3.05, 3.63) is 0 Å². The molecular formula is C18H37N3. The molecule has 0 radical (unpaired) electrons. The number of piperidine rings is 2. The second-order valence-corrected chi connectivity index (χ2v) is 7.26. The van der Waals surface area contributed by atoms with Gasteiger partial charge in [0.25, 0.3) is 0 Å². The minimum absolute atomic E-state index is 0.648. The van der Waals surface area contributed by atoms with Crippen LogP contribution >= 0.6 is 0 Å². The summed E-state index contributed by atoms with van der Waals surface area (Å²) in [6.07, 6.45) is 11.1. The van der Waals surface area contributed by atoms with Gasteiger partial charge in [0.15, 0.2) is 0 Å². The fourth-order valence-corrected chi connectivity index (χ4v) is 4.19. The van der Waals surface area contributed by atoms with E-state index in [-0.39, 0.29) is 0 Å². The molecule has 0 bridgehead atoms. The van der Waals surface area contributed by atoms with Crippen molar-refractivity contribution >= 4 is 0 Å². The first-order chi connectivity index (χ1) is 10.2. The minimum Gasteiger partial charge on any atom is -0.313 e. The Bertz CT molecular complexity index is 282. The summed E-state index contributed by atoms with van der Waals surface area (Å²) in [6.45, 7) is 9.75. The van der Waals surface area contributed by atoms with Gasteiger partial charge in [-0.1, -0.05) is 19.8 Å². The second kappa shape index (κ2) is 9.12. The lowest BCUT2D eigenvalue weighted by atomic mass is 9.94. The van der Waals surface area contributed by atoms with Crippen LogP contribution < -0.4 is 5.32 Å². The SMILES string of the molecule is CCCNC(C)C1CCCCN1CCC1CCCCN1C. The zero-order valence-electron chi connectivity index (χ0n) is 14.6. The van der Waals surface area contributed by atoms with Gasteiger partial charge < -0.3 is 10.2 Å². The van der Waals surface area contributed by atoms with E-state index in [9.17, 15) is 0 Å². The van der Waals surface area contributed by atoms with Crippen LogP contribution in [0.3, 0.4) is 0 Å². The Morgan fingerprint density at radius 1 is 1.10 bits per heavy atom. The third kappa shape index (κ3) is 5.22. The summed E-state index contributed by atoms with van der Waals surface area (Å²) in [5.74, 6) is 0. The fourth-order valence-electron chi connectivity index (χ4n) is 4.19. The average molecular weight is 296 g/mol. The molecule has 21 heavy (non-hydrogen) atoms. The van der Waals surface area contributed by atoms with Crippen LogP contribution in [0.5, 0.6) is 0 Å². The van der Waals surface area contributed by atoms with Crippen LogP contribution in [0.2, 0.25) is 0 Å². The Hall–Kier alpha value is -0.120. The topological polar surface area (TPSA) is 18.5 Å². The Kier molecular flexibility index (Phi) is 7.48. The summed E-state index contributed by atoms with van der Waals surface area (Å²) in [5.41, 5.74) is 0. The molecule has 2 rings (SSSR count). The van der Waals surface area contributed by atoms with Gasteiger partial charge in [0.2, 0.25) is 0 Å². The van der Waals surface area contributed by atoms with Crippen LogP contribution in [-0.4, -0.2) is 61.2 Å². The van der Waals surface area contributed by atoms with E-state index >= 15 is 0 Å². The molecule has 0 aromatic carbocycles. The number of nitrogens with zero attached hydrogens (tertiary/aromatic N) is 2. The summed E-state index contributed by atoms with van der Waals surface area (Å²) < 4.78 is 0. The quantitative estimate of drug-likeness (QED) is 0.778. The lowest BCUT2D eigenvalue weighted by Gasteiger charge is -2.41. The van der Waals surface area contributed by atoms with Crippen molar-refractivity contribution in [2.24, 2.45) is 0 Å². The Morgan fingerprint density at radius 3 is 2.62 bits per heavy atom. The second-order valence-electron chi connectivity index (χ2n) is 7.26. The highest BCUT2D eigenvalue weighted by atomic mass is 15.2. The van der Waals surface area contributed by atoms with Crippen molar-refractivity contribution in [3.63, 3.8) is 0 Å². The van der Waals surface area contributed by atoms with Crippen molar-refractivity contribution in [3.8, 4) is 0 Å². The minimum atomic E-state index is 0.648. The molecule has 124 valence electrons. The van der Waals surface area contributed by atoms with Crippen molar-refractivity contribution < 1.29 is 0 Å². The molecule has 3 heteroatoms. The normalized spacial score (nSPS) is 30.4. The highest BCUT2D eigenvalue weighted by Gasteiger charge is 2.28. The van der Waals surface area contributed by atoms with Gasteiger partial charge >= 0.3 is 0 Å². The van der Waals surface area contributed by atoms with Crippen LogP contribution in [0.15, 0.2) is 0 Å². The molecule has 3 unspecified atom stereocenters. The van der Waals surface area contributed by atoms with E-state index in [1.807, 2.05) is 0 Å². The average Bonchev–Trinajstić information content (AvgIpc) is 2.52. The Balaban J connectivity index is 1.80. The molecule has 3 nitrogen and oxygen atoms in total. The molecule has 0 spiro atoms. The van der Waals surface area contributed by atoms with Gasteiger partial charge in [-0.05, 0) is 78.7 Å². The molecule has 0 aromatic heterocycles. The summed E-state index contributed by atoms with van der Waals surface area (Å²) in [5, 5.41) is 3.73. The molecular weight excluding hydrogens is 258 g/mol. The van der Waals surface area contributed by atoms with Gasteiger partial charge in [-0.15, -0.1) is 0 Å². The van der Waals surface area contributed by atoms with Gasteiger partial charge in [0.1, 0.15) is 0 Å². The molecule has 2 aliphatic heterocycles. The maximum atomic E-state index is 3.73. The number of rotatable bonds is 7. The maximum absolute atomic E-state index is 3.73. The molecule has 2 heterocycles. The highest BCUT2D eigenvalue weighted by molar-refractivity contribution is 4.86. The van der Waals surface area contributed by atoms with E-state index in [2.05, 4.69) is 36.0 Å². The van der Waals surface area contributed by atoms with E-state index in [0.717, 1.165) is 18.6 Å². The molecule has 2 fully saturated rings. The molecule has 2 saturated heterocycles. The molecule has 2 aliphatic rings. The van der Waals surface area contributed by atoms with E-state index < -0.39 is 0 Å². The number of nitrogens with one attached hydrogen (secondary N) is 1. The fraction of sp³-hybridized carbons (Fsp3) is 1.00. The van der Waals surface area contributed by atoms with Crippen LogP contribution in [-0.2, 0) is 0 Å². The van der Waals surface area contributed by atoms with Crippen molar-refractivity contribution in [1.82, 2.24) is 15.1 Å². The molecule has 0 aromatic rings. The first-order valence-corrected chi connectivity index (χ1v) is 9.40. The van der Waals surface area contributed by atoms with Crippen LogP contribution in [0.25, 0.3) is 0 Å². The zero-order valence-corrected chi connectivity index (χ0v) is 14.6. The first-order valence-electron chi connectivity index (χ1n) is 9.40. The molecule has 0 amide bonds. The van der Waals surface area contributed by atoms with E-state index in [4.69, 9.17) is 0 Å². The largest absolute Gasteiger partial charge is 0.313 e. The predicted molar refractivity (Wildman–Crippen MR) is 91.9 cm³/mol. The van der Waals surface area contributed by atoms with Gasteiger partial charge in [-0.3, -0.25) is 4.90 Å². The van der Waals surface area contributed by atoms with E-state index in [1.165, 1.54) is 71.0 Å². The highest BCUT2D eigenvalue weighted by Crippen LogP contribution is 2.23. The lowest BCUT2D eigenvalue weighted by molar-refractivity contribution is 0.0947. The van der Waals surface area contributed by atoms with Crippen LogP contribution in [0.4, 0.5) is 0 Å². The van der Waals surface area contributed by atoms with E-state index in [0.29, 0.717) is 6.04 Å². The van der Waals surface area contributed by atoms with E-state index in [1.54, 1.807) is 0 Å². The third-order valence-electron chi connectivity index (χ3n) is 5.63. The monoisotopic (exact) mass is 295 g/mol. The van der Waals surface area contributed by atoms with Crippen molar-refractivity contribution in [2.45, 2.75) is 83.3 Å². The number of likely N-dealkylation sites (tertiary alicyclic amines) is 2. The summed E-state index contributed by atoms with van der Waals surface area (Å²) in [7, 11) is 2.32. The predicted octanol–water partition coefficient (Wildman–Crippen LogP) is 3.10. The molecule has 0 saturated carbocycles. The summed E-state index contributed by atoms with van der Waals surface area (Å²) in [6, 6.07) is 2.24. The lowest BCUT2D eigenvalue weighted by Crippen LogP contribution is -2.52. The maximum Gasteiger partial charge on any atom is 0.0246 e. The van der Waals surface area contributed by atoms with Crippen LogP contribution in [0, 0.1) is 0 Å². The zero-order chi connectivity index (χ0) is 15.1. The van der Waals surface area contributed by atoms with Gasteiger partial charge in [0.05, 0.1) is 0 Å². The Labute approximate surface area is 132 Å². The van der Waals surface area contributed by atoms with Crippen molar-refractivity contribution in [1.29, 1.82) is 0 Å². The van der Waals surface area contributed by atoms with Crippen molar-refractivity contribution in [2.75, 3.05) is 33.2 Å². The summed E-state index contributed by atoms with van der Waals surface area (Å²) in [4.78, 5) is 5.39. The van der Waals surface area contributed by atoms with Gasteiger partial charge in [0, 0.05) is 18.1 Å². The molecule has 0 aliphatic carbocycles. The first kappa shape index (κ1) is 17.2. The number of hydrogen-bond donors (Lipinski definition) is 1. The summed E-state index contributed by atoms with van der Waals surface area (Å²) >= 11 is 0. The van der Waals surface area contributed by atoms with Gasteiger partial charge in [-0.25, -0.2) is 0 Å². The van der Waals surface area contributed by atoms with Crippen LogP contribution in [0.1, 0.15) is 65.2 Å². The Morgan fingerprint density at radius 2 is 1.86 bits per heavy atom. The van der Waals surface area contributed by atoms with Gasteiger partial charge in [-0.2, -0.15) is 0 Å². The molecule has 3 atom stereocenters. The number of hydrogen-bond acceptors (Lipinski definition) is 3. The molecule has 1 N–H and O–H groups in total. The standard InChI is InChI=1S/C18H37N3/c1-4-12-19-16(2)18-10-6-8-14-21(18)15-11-17-9-5-7-13-20(17)3/h16-19H,4-15H2,1-3H3.